The first-order valence-electron chi connectivity index (χ1n) is 10.4. The molecule has 3 rings (SSSR count). The van der Waals surface area contributed by atoms with E-state index in [4.69, 9.17) is 19.6 Å². The highest BCUT2D eigenvalue weighted by atomic mass is 79.9. The molecule has 0 saturated carbocycles. The van der Waals surface area contributed by atoms with E-state index in [1.807, 2.05) is 0 Å². The Morgan fingerprint density at radius 1 is 1.14 bits per heavy atom. The smallest absolute Gasteiger partial charge is 0.416 e. The molecule has 0 bridgehead atoms. The van der Waals surface area contributed by atoms with E-state index in [2.05, 4.69) is 20.9 Å². The number of ether oxygens (including phenoxy) is 2. The summed E-state index contributed by atoms with van der Waals surface area (Å²) in [7, 11) is 0. The number of primary amides is 1. The van der Waals surface area contributed by atoms with Gasteiger partial charge in [0.25, 0.3) is 5.91 Å². The average molecular weight is 577 g/mol. The van der Waals surface area contributed by atoms with Crippen LogP contribution in [0.4, 0.5) is 22.0 Å². The van der Waals surface area contributed by atoms with E-state index in [0.717, 1.165) is 24.3 Å². The zero-order valence-corrected chi connectivity index (χ0v) is 20.1. The minimum absolute atomic E-state index is 0.00291. The summed E-state index contributed by atoms with van der Waals surface area (Å²) in [4.78, 5) is 27.5. The second kappa shape index (κ2) is 11.1. The average Bonchev–Trinajstić information content (AvgIpc) is 3.19. The molecule has 0 spiro atoms. The summed E-state index contributed by atoms with van der Waals surface area (Å²) in [5, 5.41) is 0. The van der Waals surface area contributed by atoms with Crippen LogP contribution in [0.25, 0.3) is 11.3 Å². The molecule has 0 aliphatic carbocycles. The van der Waals surface area contributed by atoms with Crippen molar-refractivity contribution in [3.63, 3.8) is 0 Å². The molecule has 2 aromatic carbocycles. The number of nitrogens with two attached hydrogens (primary N) is 1. The van der Waals surface area contributed by atoms with E-state index in [-0.39, 0.29) is 28.2 Å². The normalized spacial score (nSPS) is 12.3. The maximum Gasteiger partial charge on any atom is 0.416 e. The maximum atomic E-state index is 14.7. The molecule has 0 aliphatic heterocycles. The number of alkyl halides is 3. The number of rotatable bonds is 9. The lowest BCUT2D eigenvalue weighted by Crippen LogP contribution is -2.20. The molecule has 1 amide bonds. The molecule has 0 fully saturated rings. The first kappa shape index (κ1) is 27.1. The Labute approximate surface area is 209 Å². The number of amides is 1. The molecule has 2 N–H and O–H groups in total. The van der Waals surface area contributed by atoms with Gasteiger partial charge < -0.3 is 19.6 Å². The highest BCUT2D eigenvalue weighted by Crippen LogP contribution is 2.36. The van der Waals surface area contributed by atoms with Crippen LogP contribution >= 0.6 is 15.9 Å². The van der Waals surface area contributed by atoms with E-state index in [0.29, 0.717) is 6.42 Å². The van der Waals surface area contributed by atoms with Crippen molar-refractivity contribution >= 4 is 27.8 Å². The third-order valence-electron chi connectivity index (χ3n) is 4.78. The van der Waals surface area contributed by atoms with Gasteiger partial charge in [0.15, 0.2) is 16.2 Å². The van der Waals surface area contributed by atoms with Crippen molar-refractivity contribution in [2.75, 3.05) is 6.61 Å². The van der Waals surface area contributed by atoms with Crippen LogP contribution in [0.5, 0.6) is 5.75 Å². The monoisotopic (exact) mass is 576 g/mol. The van der Waals surface area contributed by atoms with Crippen LogP contribution in [-0.4, -0.2) is 23.5 Å². The fraction of sp³-hybridized carbons (Fsp3) is 0.261. The number of oxazole rings is 1. The van der Waals surface area contributed by atoms with E-state index < -0.39 is 59.3 Å². The predicted molar refractivity (Wildman–Crippen MR) is 119 cm³/mol. The third kappa shape index (κ3) is 6.20. The highest BCUT2D eigenvalue weighted by Gasteiger charge is 2.31. The Balaban J connectivity index is 1.97. The maximum absolute atomic E-state index is 14.7. The highest BCUT2D eigenvalue weighted by molar-refractivity contribution is 9.10. The number of hydrogen-bond donors (Lipinski definition) is 1. The lowest BCUT2D eigenvalue weighted by Gasteiger charge is -2.17. The molecule has 13 heteroatoms. The van der Waals surface area contributed by atoms with E-state index in [1.54, 1.807) is 6.92 Å². The van der Waals surface area contributed by atoms with Gasteiger partial charge in [0.05, 0.1) is 5.56 Å². The Hall–Kier alpha value is -3.48. The summed E-state index contributed by atoms with van der Waals surface area (Å²) in [6.45, 7) is 1.23. The van der Waals surface area contributed by atoms with Crippen LogP contribution in [0.15, 0.2) is 45.5 Å². The number of halogens is 6. The van der Waals surface area contributed by atoms with Gasteiger partial charge in [0.2, 0.25) is 12.0 Å². The van der Waals surface area contributed by atoms with Crippen molar-refractivity contribution in [3.05, 3.63) is 69.7 Å². The summed E-state index contributed by atoms with van der Waals surface area (Å²) in [6, 6.07) is 5.71. The Kier molecular flexibility index (Phi) is 8.33. The van der Waals surface area contributed by atoms with Gasteiger partial charge in [-0.1, -0.05) is 19.1 Å². The topological polar surface area (TPSA) is 105 Å². The van der Waals surface area contributed by atoms with E-state index in [1.165, 1.54) is 12.1 Å². The quantitative estimate of drug-likeness (QED) is 0.249. The summed E-state index contributed by atoms with van der Waals surface area (Å²) in [6.07, 6.45) is -5.35. The van der Waals surface area contributed by atoms with Crippen LogP contribution in [0.1, 0.15) is 47.7 Å². The number of nitrogens with zero attached hydrogens (tertiary/aromatic N) is 1. The van der Waals surface area contributed by atoms with Gasteiger partial charge in [0.1, 0.15) is 23.7 Å². The van der Waals surface area contributed by atoms with Gasteiger partial charge >= 0.3 is 12.1 Å². The first-order chi connectivity index (χ1) is 16.9. The fourth-order valence-corrected chi connectivity index (χ4v) is 3.54. The Morgan fingerprint density at radius 3 is 2.39 bits per heavy atom. The minimum atomic E-state index is -4.53. The molecule has 0 saturated heterocycles. The molecular weight excluding hydrogens is 559 g/mol. The molecule has 3 aromatic rings. The standard InChI is InChI=1S/C23H18BrF5N2O5/c1-2-3-16(32)34-10-15(35-14-9-8-13(25)17(18(14)26)21(30)33)22-31-19(20(24)36-22)11-4-6-12(7-5-11)23(27,28)29/h4-9,15H,2-3,10H2,1H3,(H2,30,33). The molecule has 1 atom stereocenters. The SMILES string of the molecule is CCCC(=O)OCC(Oc1ccc(F)c(C(N)=O)c1F)c1nc(-c2ccc(C(F)(F)F)cc2)c(Br)o1. The Morgan fingerprint density at radius 2 is 1.81 bits per heavy atom. The number of hydrogen-bond acceptors (Lipinski definition) is 6. The van der Waals surface area contributed by atoms with Crippen LogP contribution < -0.4 is 10.5 Å². The Bertz CT molecular complexity index is 1260. The van der Waals surface area contributed by atoms with Crippen LogP contribution in [-0.2, 0) is 15.7 Å². The number of carbonyl (C=O) groups excluding carboxylic acids is 2. The summed E-state index contributed by atoms with van der Waals surface area (Å²) < 4.78 is 83.4. The molecule has 1 heterocycles. The lowest BCUT2D eigenvalue weighted by molar-refractivity contribution is -0.146. The van der Waals surface area contributed by atoms with Crippen molar-refractivity contribution in [2.45, 2.75) is 32.0 Å². The molecule has 192 valence electrons. The van der Waals surface area contributed by atoms with Crippen molar-refractivity contribution in [2.24, 2.45) is 5.73 Å². The third-order valence-corrected chi connectivity index (χ3v) is 5.32. The molecule has 7 nitrogen and oxygen atoms in total. The molecule has 1 unspecified atom stereocenters. The van der Waals surface area contributed by atoms with Crippen LogP contribution in [0.3, 0.4) is 0 Å². The second-order valence-electron chi connectivity index (χ2n) is 7.39. The lowest BCUT2D eigenvalue weighted by atomic mass is 10.1. The van der Waals surface area contributed by atoms with Gasteiger partial charge in [-0.25, -0.2) is 13.8 Å². The number of esters is 1. The molecular formula is C23H18BrF5N2O5. The van der Waals surface area contributed by atoms with Crippen molar-refractivity contribution in [3.8, 4) is 17.0 Å². The van der Waals surface area contributed by atoms with Crippen LogP contribution in [0, 0.1) is 11.6 Å². The van der Waals surface area contributed by atoms with Gasteiger partial charge in [0, 0.05) is 12.0 Å². The van der Waals surface area contributed by atoms with E-state index >= 15 is 0 Å². The number of aromatic nitrogens is 1. The fourth-order valence-electron chi connectivity index (χ4n) is 3.05. The van der Waals surface area contributed by atoms with Gasteiger partial charge in [-0.15, -0.1) is 0 Å². The van der Waals surface area contributed by atoms with E-state index in [9.17, 15) is 31.5 Å². The van der Waals surface area contributed by atoms with Crippen LogP contribution in [0.2, 0.25) is 0 Å². The van der Waals surface area contributed by atoms with Gasteiger partial charge in [-0.3, -0.25) is 9.59 Å². The molecule has 0 aliphatic rings. The summed E-state index contributed by atoms with van der Waals surface area (Å²) in [5.41, 5.74) is 3.46. The van der Waals surface area contributed by atoms with Crippen molar-refractivity contribution in [1.29, 1.82) is 0 Å². The van der Waals surface area contributed by atoms with Gasteiger partial charge in [-0.2, -0.15) is 13.2 Å². The zero-order chi connectivity index (χ0) is 26.6. The van der Waals surface area contributed by atoms with Gasteiger partial charge in [-0.05, 0) is 46.6 Å². The molecule has 1 aromatic heterocycles. The number of carbonyl (C=O) groups is 2. The zero-order valence-electron chi connectivity index (χ0n) is 18.5. The van der Waals surface area contributed by atoms with Crippen molar-refractivity contribution in [1.82, 2.24) is 4.98 Å². The summed E-state index contributed by atoms with van der Waals surface area (Å²) >= 11 is 3.13. The summed E-state index contributed by atoms with van der Waals surface area (Å²) in [5.74, 6) is -5.41. The van der Waals surface area contributed by atoms with Crippen molar-refractivity contribution < 1.29 is 45.4 Å². The first-order valence-corrected chi connectivity index (χ1v) is 11.2. The molecule has 36 heavy (non-hydrogen) atoms. The number of benzene rings is 2. The molecule has 0 radical (unpaired) electrons. The second-order valence-corrected chi connectivity index (χ2v) is 8.11. The predicted octanol–water partition coefficient (Wildman–Crippen LogP) is 5.96. The largest absolute Gasteiger partial charge is 0.474 e. The minimum Gasteiger partial charge on any atom is -0.474 e.